The van der Waals surface area contributed by atoms with Crippen LogP contribution in [0.2, 0.25) is 0 Å². The van der Waals surface area contributed by atoms with Crippen molar-refractivity contribution in [2.24, 2.45) is 0 Å². The summed E-state index contributed by atoms with van der Waals surface area (Å²) < 4.78 is 0. The van der Waals surface area contributed by atoms with E-state index in [2.05, 4.69) is 0 Å². The quantitative estimate of drug-likeness (QED) is 0.213. The van der Waals surface area contributed by atoms with Gasteiger partial charge in [0.15, 0.2) is 0 Å². The second-order valence-electron chi connectivity index (χ2n) is 0. The predicted octanol–water partition coefficient (Wildman–Crippen LogP) is -5.81. The molecule has 9 heavy (non-hydrogen) atoms. The number of rotatable bonds is 0. The van der Waals surface area contributed by atoms with Gasteiger partial charge >= 0.3 is 70.4 Å². The van der Waals surface area contributed by atoms with Crippen molar-refractivity contribution >= 4 is 70.4 Å². The van der Waals surface area contributed by atoms with Crippen molar-refractivity contribution in [2.45, 2.75) is 0 Å². The van der Waals surface area contributed by atoms with E-state index in [-0.39, 0.29) is 248 Å². The zero-order valence-electron chi connectivity index (χ0n) is 2.89. The van der Waals surface area contributed by atoms with Gasteiger partial charge in [0.25, 0.3) is 0 Å². The first kappa shape index (κ1) is 67.4. The smallest absolute Gasteiger partial charge is 0 e. The molecule has 0 spiro atoms. The van der Waals surface area contributed by atoms with Gasteiger partial charge in [0.2, 0.25) is 0 Å². The molecule has 0 nitrogen and oxygen atoms in total. The van der Waals surface area contributed by atoms with Gasteiger partial charge in [-0.05, 0) is 0 Å². The van der Waals surface area contributed by atoms with Gasteiger partial charge in [-0.15, -0.1) is 0 Å². The maximum absolute atomic E-state index is 0. The summed E-state index contributed by atoms with van der Waals surface area (Å²) in [6, 6.07) is 0. The summed E-state index contributed by atoms with van der Waals surface area (Å²) in [4.78, 5) is 0. The Labute approximate surface area is 240 Å². The normalized spacial score (nSPS) is 0. The molecule has 0 saturated carbocycles. The molecule has 0 rings (SSSR count). The van der Waals surface area contributed by atoms with Gasteiger partial charge in [-0.2, -0.15) is 0 Å². The molecule has 0 aromatic rings. The molecule has 9 heteroatoms. The fraction of sp³-hybridized carbons (Fsp3) is 0. The van der Waals surface area contributed by atoms with Gasteiger partial charge in [-0.1, -0.05) is 0 Å². The van der Waals surface area contributed by atoms with Crippen LogP contribution in [0.3, 0.4) is 0 Å². The molecule has 0 bridgehead atoms. The zero-order valence-corrected chi connectivity index (χ0v) is 21.0. The molecule has 0 heterocycles. The molecule has 0 N–H and O–H groups in total. The predicted molar refractivity (Wildman–Crippen MR) is 45.3 cm³/mol. The number of hydrogen-bond donors (Lipinski definition) is 0. The van der Waals surface area contributed by atoms with E-state index < -0.39 is 0 Å². The molecule has 0 unspecified atom stereocenters. The summed E-state index contributed by atoms with van der Waals surface area (Å²) >= 11 is 0. The van der Waals surface area contributed by atoms with Crippen LogP contribution in [0.4, 0.5) is 0 Å². The molecule has 0 aromatic carbocycles. The summed E-state index contributed by atoms with van der Waals surface area (Å²) in [5.41, 5.74) is 0. The molecule has 0 fully saturated rings. The Hall–Kier alpha value is 8.15. The van der Waals surface area contributed by atoms with Crippen LogP contribution >= 0.6 is 0 Å². The van der Waals surface area contributed by atoms with E-state index in [1.165, 1.54) is 0 Å². The first-order chi connectivity index (χ1) is 0. The first-order valence-electron chi connectivity index (χ1n) is 0. The Morgan fingerprint density at radius 3 is 0.222 bits per heavy atom. The minimum atomic E-state index is 0. The first-order valence-corrected chi connectivity index (χ1v) is 0. The monoisotopic (exact) mass is 1010 g/mol. The van der Waals surface area contributed by atoms with Crippen molar-refractivity contribution in [3.63, 3.8) is 0 Å². The molecule has 47 valence electrons. The third-order valence-corrected chi connectivity index (χ3v) is 0. The van der Waals surface area contributed by atoms with Gasteiger partial charge in [-0.3, -0.25) is 0 Å². The molecular weight excluding hydrogens is 985 g/mol. The maximum Gasteiger partial charge on any atom is 0 e. The SMILES string of the molecule is [GeH4].[GeH4].[GeH4].[GeH4].[La].[La].[La].[La].[La]. The largest absolute Gasteiger partial charge is 0 e. The summed E-state index contributed by atoms with van der Waals surface area (Å²) in [6.45, 7) is 0. The maximum atomic E-state index is 0. The van der Waals surface area contributed by atoms with Crippen LogP contribution in [-0.2, 0) is 0 Å². The van der Waals surface area contributed by atoms with E-state index in [0.717, 1.165) is 0 Å². The van der Waals surface area contributed by atoms with E-state index in [1.807, 2.05) is 0 Å². The Morgan fingerprint density at radius 2 is 0.222 bits per heavy atom. The van der Waals surface area contributed by atoms with Gasteiger partial charge in [0.05, 0.1) is 0 Å². The van der Waals surface area contributed by atoms with E-state index in [4.69, 9.17) is 0 Å². The average Bonchev–Trinajstić information content (AvgIpc) is 0. The molecule has 0 atom stereocenters. The van der Waals surface area contributed by atoms with Gasteiger partial charge in [0, 0.05) is 178 Å². The van der Waals surface area contributed by atoms with Crippen molar-refractivity contribution in [1.82, 2.24) is 0 Å². The third kappa shape index (κ3) is 48.7. The molecule has 0 aliphatic heterocycles. The molecule has 5 radical (unpaired) electrons. The fourth-order valence-corrected chi connectivity index (χ4v) is 0. The minimum absolute atomic E-state index is 0. The standard InChI is InChI=1S/4GeH4.5La/h4*1H4;;;;;. The summed E-state index contributed by atoms with van der Waals surface area (Å²) in [5.74, 6) is 0. The fourth-order valence-electron chi connectivity index (χ4n) is 0. The Bertz CT molecular complexity index is 8.92. The van der Waals surface area contributed by atoms with E-state index in [0.29, 0.717) is 0 Å². The van der Waals surface area contributed by atoms with Crippen LogP contribution in [-0.4, -0.2) is 70.4 Å². The second kappa shape index (κ2) is 55.8. The van der Waals surface area contributed by atoms with Crippen molar-refractivity contribution in [1.29, 1.82) is 0 Å². The topological polar surface area (TPSA) is 0 Å². The zero-order chi connectivity index (χ0) is 0. The van der Waals surface area contributed by atoms with Crippen molar-refractivity contribution in [2.75, 3.05) is 0 Å². The molecule has 0 aromatic heterocycles. The summed E-state index contributed by atoms with van der Waals surface area (Å²) in [6.07, 6.45) is 0. The van der Waals surface area contributed by atoms with E-state index in [9.17, 15) is 0 Å². The molecule has 0 aliphatic carbocycles. The van der Waals surface area contributed by atoms with Crippen LogP contribution in [0.25, 0.3) is 0 Å². The molecular formula is H16Ge4La5. The van der Waals surface area contributed by atoms with Crippen molar-refractivity contribution in [3.05, 3.63) is 0 Å². The molecule has 0 amide bonds. The molecule has 0 aliphatic rings. The van der Waals surface area contributed by atoms with Crippen LogP contribution in [0.1, 0.15) is 0 Å². The Morgan fingerprint density at radius 1 is 0.222 bits per heavy atom. The molecule has 0 saturated heterocycles. The van der Waals surface area contributed by atoms with Crippen LogP contribution in [0, 0.1) is 178 Å². The summed E-state index contributed by atoms with van der Waals surface area (Å²) in [5, 5.41) is 0. The van der Waals surface area contributed by atoms with Crippen LogP contribution < -0.4 is 0 Å². The van der Waals surface area contributed by atoms with Crippen LogP contribution in [0.5, 0.6) is 0 Å². The van der Waals surface area contributed by atoms with Crippen molar-refractivity contribution < 1.29 is 178 Å². The second-order valence-corrected chi connectivity index (χ2v) is 0. The van der Waals surface area contributed by atoms with Gasteiger partial charge in [-0.25, -0.2) is 0 Å². The van der Waals surface area contributed by atoms with E-state index in [1.54, 1.807) is 0 Å². The van der Waals surface area contributed by atoms with Crippen LogP contribution in [0.15, 0.2) is 0 Å². The van der Waals surface area contributed by atoms with Gasteiger partial charge in [0.1, 0.15) is 0 Å². The average molecular weight is 1000 g/mol. The number of hydrogen-bond acceptors (Lipinski definition) is 0. The van der Waals surface area contributed by atoms with Crippen molar-refractivity contribution in [3.8, 4) is 0 Å². The Kier molecular flexibility index (Phi) is 418. The Balaban J connectivity index is 0. The van der Waals surface area contributed by atoms with E-state index >= 15 is 0 Å². The minimum Gasteiger partial charge on any atom is 0 e. The summed E-state index contributed by atoms with van der Waals surface area (Å²) in [7, 11) is 0. The third-order valence-electron chi connectivity index (χ3n) is 0. The van der Waals surface area contributed by atoms with Gasteiger partial charge < -0.3 is 0 Å².